The minimum absolute atomic E-state index is 0.696. The third-order valence-electron chi connectivity index (χ3n) is 4.67. The maximum absolute atomic E-state index is 5.83. The van der Waals surface area contributed by atoms with Crippen molar-refractivity contribution in [3.05, 3.63) is 41.3 Å². The molecule has 7 nitrogen and oxygen atoms in total. The number of piperazine rings is 1. The molecule has 1 fully saturated rings. The Balaban J connectivity index is 1.30. The molecule has 0 bridgehead atoms. The van der Waals surface area contributed by atoms with E-state index < -0.39 is 0 Å². The lowest BCUT2D eigenvalue weighted by Crippen LogP contribution is -2.47. The van der Waals surface area contributed by atoms with Crippen LogP contribution in [0.1, 0.15) is 0 Å². The van der Waals surface area contributed by atoms with Crippen LogP contribution in [-0.2, 0) is 7.05 Å². The van der Waals surface area contributed by atoms with Crippen LogP contribution in [0.3, 0.4) is 0 Å². The molecule has 0 radical (unpaired) electrons. The number of anilines is 1. The average molecular weight is 417 g/mol. The van der Waals surface area contributed by atoms with E-state index in [0.717, 1.165) is 59.8 Å². The molecule has 0 aliphatic carbocycles. The van der Waals surface area contributed by atoms with Gasteiger partial charge in [0.05, 0.1) is 11.6 Å². The highest BCUT2D eigenvalue weighted by Crippen LogP contribution is 2.23. The summed E-state index contributed by atoms with van der Waals surface area (Å²) in [5.41, 5.74) is 0.875. The standard InChI is InChI=1S/C18H21BrN6O/c1-23-17-16(12-22-23)18(21-13-20-17)25-8-6-24(7-9-25)10-11-26-15-4-2-14(19)3-5-15/h2-5,12-13H,6-11H2,1H3. The molecule has 3 heterocycles. The Morgan fingerprint density at radius 1 is 1.08 bits per heavy atom. The molecule has 0 unspecified atom stereocenters. The molecule has 0 atom stereocenters. The van der Waals surface area contributed by atoms with Gasteiger partial charge in [0.2, 0.25) is 0 Å². The van der Waals surface area contributed by atoms with Gasteiger partial charge in [-0.25, -0.2) is 9.97 Å². The van der Waals surface area contributed by atoms with Crippen LogP contribution in [-0.4, -0.2) is 64.0 Å². The molecule has 0 spiro atoms. The van der Waals surface area contributed by atoms with Gasteiger partial charge in [0, 0.05) is 44.2 Å². The minimum Gasteiger partial charge on any atom is -0.492 e. The summed E-state index contributed by atoms with van der Waals surface area (Å²) in [5.74, 6) is 1.89. The first-order chi connectivity index (χ1) is 12.7. The van der Waals surface area contributed by atoms with Crippen molar-refractivity contribution in [2.24, 2.45) is 7.05 Å². The van der Waals surface area contributed by atoms with Crippen molar-refractivity contribution in [1.29, 1.82) is 0 Å². The van der Waals surface area contributed by atoms with Crippen LogP contribution in [0, 0.1) is 0 Å². The predicted molar refractivity (Wildman–Crippen MR) is 105 cm³/mol. The first-order valence-electron chi connectivity index (χ1n) is 8.69. The van der Waals surface area contributed by atoms with Crippen molar-refractivity contribution >= 4 is 32.8 Å². The van der Waals surface area contributed by atoms with E-state index in [1.165, 1.54) is 0 Å². The largest absolute Gasteiger partial charge is 0.492 e. The number of hydrogen-bond donors (Lipinski definition) is 0. The van der Waals surface area contributed by atoms with Gasteiger partial charge in [-0.3, -0.25) is 9.58 Å². The molecule has 4 rings (SSSR count). The van der Waals surface area contributed by atoms with Crippen molar-refractivity contribution < 1.29 is 4.74 Å². The van der Waals surface area contributed by atoms with Crippen LogP contribution < -0.4 is 9.64 Å². The number of nitrogens with zero attached hydrogens (tertiary/aromatic N) is 6. The van der Waals surface area contributed by atoms with Crippen molar-refractivity contribution in [3.8, 4) is 5.75 Å². The molecule has 1 aliphatic rings. The SMILES string of the molecule is Cn1ncc2c(N3CCN(CCOc4ccc(Br)cc4)CC3)ncnc21. The lowest BCUT2D eigenvalue weighted by Gasteiger charge is -2.35. The highest BCUT2D eigenvalue weighted by atomic mass is 79.9. The quantitative estimate of drug-likeness (QED) is 0.635. The first kappa shape index (κ1) is 17.2. The molecule has 1 saturated heterocycles. The van der Waals surface area contributed by atoms with E-state index in [0.29, 0.717) is 6.61 Å². The van der Waals surface area contributed by atoms with Crippen LogP contribution in [0.4, 0.5) is 5.82 Å². The summed E-state index contributed by atoms with van der Waals surface area (Å²) in [6, 6.07) is 7.95. The molecule has 1 aromatic carbocycles. The van der Waals surface area contributed by atoms with E-state index in [4.69, 9.17) is 4.74 Å². The van der Waals surface area contributed by atoms with E-state index >= 15 is 0 Å². The Kier molecular flexibility index (Phi) is 5.03. The molecule has 0 amide bonds. The Hall–Kier alpha value is -2.19. The van der Waals surface area contributed by atoms with Gasteiger partial charge < -0.3 is 9.64 Å². The molecule has 0 N–H and O–H groups in total. The summed E-state index contributed by atoms with van der Waals surface area (Å²) in [5, 5.41) is 5.31. The molecule has 2 aromatic heterocycles. The molecular weight excluding hydrogens is 396 g/mol. The fourth-order valence-corrected chi connectivity index (χ4v) is 3.47. The second-order valence-electron chi connectivity index (χ2n) is 6.33. The number of benzene rings is 1. The highest BCUT2D eigenvalue weighted by Gasteiger charge is 2.20. The van der Waals surface area contributed by atoms with Gasteiger partial charge in [-0.05, 0) is 24.3 Å². The molecule has 3 aromatic rings. The van der Waals surface area contributed by atoms with Gasteiger partial charge in [0.1, 0.15) is 24.5 Å². The van der Waals surface area contributed by atoms with Gasteiger partial charge in [-0.1, -0.05) is 15.9 Å². The van der Waals surface area contributed by atoms with Crippen LogP contribution in [0.25, 0.3) is 11.0 Å². The normalized spacial score (nSPS) is 15.5. The van der Waals surface area contributed by atoms with Gasteiger partial charge in [0.25, 0.3) is 0 Å². The molecule has 136 valence electrons. The molecule has 0 saturated carbocycles. The van der Waals surface area contributed by atoms with Crippen molar-refractivity contribution in [2.75, 3.05) is 44.2 Å². The Bertz CT molecular complexity index is 873. The number of ether oxygens (including phenoxy) is 1. The van der Waals surface area contributed by atoms with Gasteiger partial charge in [-0.2, -0.15) is 5.10 Å². The molecule has 26 heavy (non-hydrogen) atoms. The molecule has 1 aliphatic heterocycles. The summed E-state index contributed by atoms with van der Waals surface area (Å²) >= 11 is 3.43. The van der Waals surface area contributed by atoms with Crippen LogP contribution in [0.2, 0.25) is 0 Å². The summed E-state index contributed by atoms with van der Waals surface area (Å²) in [7, 11) is 1.91. The van der Waals surface area contributed by atoms with Gasteiger partial charge in [0.15, 0.2) is 5.65 Å². The average Bonchev–Trinajstić information content (AvgIpc) is 3.05. The summed E-state index contributed by atoms with van der Waals surface area (Å²) in [4.78, 5) is 13.6. The van der Waals surface area contributed by atoms with Crippen LogP contribution >= 0.6 is 15.9 Å². The van der Waals surface area contributed by atoms with Crippen LogP contribution in [0.15, 0.2) is 41.3 Å². The van der Waals surface area contributed by atoms with Gasteiger partial charge >= 0.3 is 0 Å². The van der Waals surface area contributed by atoms with Crippen LogP contribution in [0.5, 0.6) is 5.75 Å². The first-order valence-corrected chi connectivity index (χ1v) is 9.48. The Morgan fingerprint density at radius 3 is 2.62 bits per heavy atom. The lowest BCUT2D eigenvalue weighted by molar-refractivity contribution is 0.200. The molecular formula is C18H21BrN6O. The third-order valence-corrected chi connectivity index (χ3v) is 5.20. The van der Waals surface area contributed by atoms with E-state index in [9.17, 15) is 0 Å². The van der Waals surface area contributed by atoms with E-state index in [-0.39, 0.29) is 0 Å². The number of aryl methyl sites for hydroxylation is 1. The number of fused-ring (bicyclic) bond motifs is 1. The number of rotatable bonds is 5. The fraction of sp³-hybridized carbons (Fsp3) is 0.389. The zero-order chi connectivity index (χ0) is 17.9. The lowest BCUT2D eigenvalue weighted by atomic mass is 10.3. The highest BCUT2D eigenvalue weighted by molar-refractivity contribution is 9.10. The fourth-order valence-electron chi connectivity index (χ4n) is 3.21. The maximum atomic E-state index is 5.83. The van der Waals surface area contributed by atoms with Crippen molar-refractivity contribution in [3.63, 3.8) is 0 Å². The number of halogens is 1. The minimum atomic E-state index is 0.696. The summed E-state index contributed by atoms with van der Waals surface area (Å²) in [6.45, 7) is 5.50. The second kappa shape index (κ2) is 7.59. The Morgan fingerprint density at radius 2 is 1.85 bits per heavy atom. The van der Waals surface area contributed by atoms with Crippen molar-refractivity contribution in [2.45, 2.75) is 0 Å². The number of aromatic nitrogens is 4. The maximum Gasteiger partial charge on any atom is 0.163 e. The third kappa shape index (κ3) is 3.66. The predicted octanol–water partition coefficient (Wildman–Crippen LogP) is 2.33. The van der Waals surface area contributed by atoms with Gasteiger partial charge in [-0.15, -0.1) is 0 Å². The summed E-state index contributed by atoms with van der Waals surface area (Å²) < 4.78 is 8.68. The molecule has 8 heteroatoms. The Labute approximate surface area is 160 Å². The van der Waals surface area contributed by atoms with E-state index in [1.54, 1.807) is 11.0 Å². The van der Waals surface area contributed by atoms with E-state index in [1.807, 2.05) is 37.5 Å². The van der Waals surface area contributed by atoms with Crippen molar-refractivity contribution in [1.82, 2.24) is 24.6 Å². The number of hydrogen-bond acceptors (Lipinski definition) is 6. The smallest absolute Gasteiger partial charge is 0.163 e. The monoisotopic (exact) mass is 416 g/mol. The zero-order valence-corrected chi connectivity index (χ0v) is 16.3. The topological polar surface area (TPSA) is 59.3 Å². The summed E-state index contributed by atoms with van der Waals surface area (Å²) in [6.07, 6.45) is 3.47. The zero-order valence-electron chi connectivity index (χ0n) is 14.7. The van der Waals surface area contributed by atoms with E-state index in [2.05, 4.69) is 40.8 Å². The second-order valence-corrected chi connectivity index (χ2v) is 7.25.